The summed E-state index contributed by atoms with van der Waals surface area (Å²) in [6, 6.07) is 0. The van der Waals surface area contributed by atoms with Gasteiger partial charge in [-0.1, -0.05) is 0 Å². The van der Waals surface area contributed by atoms with Crippen molar-refractivity contribution in [2.75, 3.05) is 0 Å². The van der Waals surface area contributed by atoms with Gasteiger partial charge in [-0.3, -0.25) is 0 Å². The van der Waals surface area contributed by atoms with Gasteiger partial charge in [-0.2, -0.15) is 0 Å². The second-order valence-corrected chi connectivity index (χ2v) is 4.66. The summed E-state index contributed by atoms with van der Waals surface area (Å²) in [5.74, 6) is 2.78. The molecule has 1 atom stereocenters. The predicted octanol–water partition coefficient (Wildman–Crippen LogP) is 1.23. The van der Waals surface area contributed by atoms with Crippen molar-refractivity contribution >= 4 is 23.4 Å². The van der Waals surface area contributed by atoms with Crippen LogP contribution in [0.4, 0.5) is 0 Å². The third-order valence-electron chi connectivity index (χ3n) is 1.16. The maximum absolute atomic E-state index is 10.7. The summed E-state index contributed by atoms with van der Waals surface area (Å²) < 4.78 is 30.8. The van der Waals surface area contributed by atoms with Gasteiger partial charge in [0.15, 0.2) is 0 Å². The molecule has 0 amide bonds. The van der Waals surface area contributed by atoms with E-state index in [-0.39, 0.29) is 0 Å². The van der Waals surface area contributed by atoms with E-state index in [1.807, 2.05) is 11.5 Å². The van der Waals surface area contributed by atoms with Crippen molar-refractivity contribution in [2.24, 2.45) is 0 Å². The molecule has 0 rings (SSSR count). The Labute approximate surface area is 76.7 Å². The van der Waals surface area contributed by atoms with Gasteiger partial charge in [-0.05, 0) is 0 Å². The number of hydrogen-bond donors (Lipinski definition) is 2. The molecule has 0 aliphatic rings. The SMILES string of the molecule is CC(N(C#P=O)C#P=O)P(=O)(O)O. The van der Waals surface area contributed by atoms with E-state index in [0.717, 1.165) is 0 Å². The molecule has 0 saturated heterocycles. The van der Waals surface area contributed by atoms with Crippen molar-refractivity contribution in [1.82, 2.24) is 4.90 Å². The second kappa shape index (κ2) is 5.78. The number of hydrogen-bond acceptors (Lipinski definition) is 4. The summed E-state index contributed by atoms with van der Waals surface area (Å²) in [6.45, 7) is 1.18. The molecule has 0 fully saturated rings. The molecule has 0 bridgehead atoms. The van der Waals surface area contributed by atoms with E-state index >= 15 is 0 Å². The third kappa shape index (κ3) is 4.78. The van der Waals surface area contributed by atoms with E-state index in [2.05, 4.69) is 0 Å². The first-order valence-corrected chi connectivity index (χ1v) is 6.24. The average Bonchev–Trinajstić information content (AvgIpc) is 2.01. The Morgan fingerprint density at radius 2 is 1.69 bits per heavy atom. The zero-order valence-electron chi connectivity index (χ0n) is 6.49. The molecule has 0 aliphatic heterocycles. The fourth-order valence-electron chi connectivity index (χ4n) is 0.428. The van der Waals surface area contributed by atoms with Gasteiger partial charge in [0.2, 0.25) is 0 Å². The van der Waals surface area contributed by atoms with Crippen LogP contribution >= 0.6 is 23.4 Å². The molecule has 72 valence electrons. The van der Waals surface area contributed by atoms with Crippen molar-refractivity contribution in [3.05, 3.63) is 0 Å². The Balaban J connectivity index is 5.01. The van der Waals surface area contributed by atoms with Gasteiger partial charge in [-0.15, -0.1) is 0 Å². The molecule has 0 saturated carbocycles. The molecule has 13 heavy (non-hydrogen) atoms. The third-order valence-corrected chi connectivity index (χ3v) is 2.96. The van der Waals surface area contributed by atoms with Crippen LogP contribution in [-0.4, -0.2) is 20.5 Å². The van der Waals surface area contributed by atoms with Crippen LogP contribution in [0.1, 0.15) is 6.92 Å². The van der Waals surface area contributed by atoms with E-state index in [1.165, 1.54) is 6.92 Å². The van der Waals surface area contributed by atoms with Crippen molar-refractivity contribution in [1.29, 1.82) is 0 Å². The van der Waals surface area contributed by atoms with Gasteiger partial charge in [-0.25, -0.2) is 0 Å². The summed E-state index contributed by atoms with van der Waals surface area (Å²) in [5, 5.41) is 0. The van der Waals surface area contributed by atoms with Crippen molar-refractivity contribution in [3.8, 4) is 11.5 Å². The first kappa shape index (κ1) is 13.1. The van der Waals surface area contributed by atoms with Gasteiger partial charge in [0.1, 0.15) is 0 Å². The summed E-state index contributed by atoms with van der Waals surface area (Å²) in [5.41, 5.74) is 0. The van der Waals surface area contributed by atoms with Crippen molar-refractivity contribution < 1.29 is 23.5 Å². The number of nitrogens with zero attached hydrogens (tertiary/aromatic N) is 1. The summed E-state index contributed by atoms with van der Waals surface area (Å²) in [6.07, 6.45) is 0. The minimum absolute atomic E-state index is 0.566. The Kier molecular flexibility index (Phi) is 5.83. The van der Waals surface area contributed by atoms with E-state index in [1.54, 1.807) is 0 Å². The van der Waals surface area contributed by atoms with Crippen LogP contribution in [-0.2, 0) is 13.7 Å². The summed E-state index contributed by atoms with van der Waals surface area (Å²) >= 11 is 0. The normalized spacial score (nSPS) is 12.9. The van der Waals surface area contributed by atoms with Crippen LogP contribution in [0.5, 0.6) is 0 Å². The summed E-state index contributed by atoms with van der Waals surface area (Å²) in [4.78, 5) is 18.1. The van der Waals surface area contributed by atoms with Crippen LogP contribution in [0, 0.1) is 11.5 Å². The van der Waals surface area contributed by atoms with Gasteiger partial charge in [0.05, 0.1) is 0 Å². The molecule has 0 radical (unpaired) electrons. The molecule has 9 heteroatoms. The molecule has 0 aromatic heterocycles. The standard InChI is InChI=1S/C4H6NO5P3/c1-4(13(8,9)10)5(2-11-6)3-12-7/h4H,1H3,(H2,8,9,10). The Bertz CT molecular complexity index is 387. The van der Waals surface area contributed by atoms with E-state index in [4.69, 9.17) is 9.79 Å². The Morgan fingerprint density at radius 1 is 1.31 bits per heavy atom. The molecular weight excluding hydrogens is 235 g/mol. The zero-order valence-corrected chi connectivity index (χ0v) is 9.17. The Morgan fingerprint density at radius 3 is 1.92 bits per heavy atom. The zero-order chi connectivity index (χ0) is 10.5. The van der Waals surface area contributed by atoms with Gasteiger partial charge >= 0.3 is 76.0 Å². The first-order valence-electron chi connectivity index (χ1n) is 2.94. The van der Waals surface area contributed by atoms with E-state index in [9.17, 15) is 13.7 Å². The molecule has 6 nitrogen and oxygen atoms in total. The fourth-order valence-corrected chi connectivity index (χ4v) is 1.73. The number of rotatable bonds is 2. The molecule has 2 N–H and O–H groups in total. The van der Waals surface area contributed by atoms with Crippen LogP contribution in [0.2, 0.25) is 0 Å². The van der Waals surface area contributed by atoms with Crippen LogP contribution in [0.25, 0.3) is 0 Å². The summed E-state index contributed by atoms with van der Waals surface area (Å²) in [7, 11) is -5.49. The van der Waals surface area contributed by atoms with Crippen LogP contribution in [0.15, 0.2) is 0 Å². The van der Waals surface area contributed by atoms with Crippen LogP contribution < -0.4 is 0 Å². The van der Waals surface area contributed by atoms with Gasteiger partial charge in [0, 0.05) is 0 Å². The van der Waals surface area contributed by atoms with E-state index < -0.39 is 29.2 Å². The average molecular weight is 241 g/mol. The predicted molar refractivity (Wildman–Crippen MR) is 46.3 cm³/mol. The monoisotopic (exact) mass is 241 g/mol. The molecule has 0 aromatic carbocycles. The molecule has 1 unspecified atom stereocenters. The van der Waals surface area contributed by atoms with Crippen molar-refractivity contribution in [2.45, 2.75) is 12.7 Å². The molecule has 0 spiro atoms. The minimum atomic E-state index is -4.36. The van der Waals surface area contributed by atoms with Crippen molar-refractivity contribution in [3.63, 3.8) is 0 Å². The first-order chi connectivity index (χ1) is 5.93. The maximum atomic E-state index is 10.7. The molecule has 0 aromatic rings. The molecule has 0 aliphatic carbocycles. The molecule has 0 heterocycles. The second-order valence-electron chi connectivity index (χ2n) is 1.97. The quantitative estimate of drug-likeness (QED) is 0.557. The Hall–Kier alpha value is 0.130. The van der Waals surface area contributed by atoms with E-state index in [0.29, 0.717) is 4.90 Å². The van der Waals surface area contributed by atoms with Gasteiger partial charge in [0.25, 0.3) is 0 Å². The van der Waals surface area contributed by atoms with Gasteiger partial charge < -0.3 is 0 Å². The topological polar surface area (TPSA) is 94.9 Å². The fraction of sp³-hybridized carbons (Fsp3) is 0.500. The molecular formula is C4H6NO5P3. The van der Waals surface area contributed by atoms with Crippen LogP contribution in [0.3, 0.4) is 0 Å².